The van der Waals surface area contributed by atoms with E-state index in [-0.39, 0.29) is 0 Å². The van der Waals surface area contributed by atoms with Gasteiger partial charge in [-0.15, -0.1) is 0 Å². The maximum absolute atomic E-state index is 6.55. The van der Waals surface area contributed by atoms with Crippen LogP contribution in [0.2, 0.25) is 5.15 Å². The number of para-hydroxylation sites is 2. The number of imidazole rings is 3. The van der Waals surface area contributed by atoms with Crippen LogP contribution in [-0.4, -0.2) is 77.8 Å². The first-order valence-electron chi connectivity index (χ1n) is 27.2. The molecule has 0 radical (unpaired) electrons. The lowest BCUT2D eigenvalue weighted by Gasteiger charge is -2.19. The Bertz CT molecular complexity index is 4130. The van der Waals surface area contributed by atoms with Crippen molar-refractivity contribution in [3.63, 3.8) is 0 Å². The highest BCUT2D eigenvalue weighted by molar-refractivity contribution is 6.30. The molecule has 2 aliphatic rings. The summed E-state index contributed by atoms with van der Waals surface area (Å²) < 4.78 is 12.3. The second kappa shape index (κ2) is 21.9. The maximum Gasteiger partial charge on any atom is 0.180 e. The molecule has 0 spiro atoms. The van der Waals surface area contributed by atoms with Crippen molar-refractivity contribution in [3.8, 4) is 5.75 Å². The van der Waals surface area contributed by atoms with E-state index in [1.165, 1.54) is 40.7 Å². The van der Waals surface area contributed by atoms with Crippen LogP contribution in [0.15, 0.2) is 128 Å². The fraction of sp³-hybridized carbons (Fsp3) is 0.286. The Hall–Kier alpha value is -8.36. The van der Waals surface area contributed by atoms with Crippen molar-refractivity contribution >= 4 is 66.9 Å². The van der Waals surface area contributed by atoms with Crippen LogP contribution < -0.4 is 9.64 Å². The molecule has 12 aromatic rings. The first-order valence-corrected chi connectivity index (χ1v) is 27.6. The summed E-state index contributed by atoms with van der Waals surface area (Å²) >= 11 is 6.55. The van der Waals surface area contributed by atoms with Gasteiger partial charge < -0.3 is 14.0 Å². The SMILES string of the molecule is Cc1c(CCc2cnc3ccccc3n2)nc2c3c(ccn12)CCCO3.Cc1cc(C)nc(CCc2nc3c4ccccc4ccn3c2Cl)n1.Cc1cc(C)nc(CCc2nc3c4ccccc4ccn3c2N2CCCC2)n1. The van der Waals surface area contributed by atoms with Gasteiger partial charge in [0, 0.05) is 96.4 Å². The van der Waals surface area contributed by atoms with E-state index in [4.69, 9.17) is 36.3 Å². The van der Waals surface area contributed by atoms with Crippen molar-refractivity contribution in [2.24, 2.45) is 0 Å². The van der Waals surface area contributed by atoms with Gasteiger partial charge in [0.2, 0.25) is 0 Å². The maximum atomic E-state index is 6.55. The first kappa shape index (κ1) is 50.5. The van der Waals surface area contributed by atoms with Crippen LogP contribution in [-0.2, 0) is 44.9 Å². The molecule has 0 aliphatic carbocycles. The summed E-state index contributed by atoms with van der Waals surface area (Å²) in [5.41, 5.74) is 15.4. The highest BCUT2D eigenvalue weighted by atomic mass is 35.5. The van der Waals surface area contributed by atoms with Gasteiger partial charge in [-0.05, 0) is 138 Å². The molecule has 3 aromatic carbocycles. The van der Waals surface area contributed by atoms with Crippen LogP contribution in [0, 0.1) is 34.6 Å². The Morgan fingerprint density at radius 1 is 0.500 bits per heavy atom. The topological polar surface area (TPSA) is 142 Å². The summed E-state index contributed by atoms with van der Waals surface area (Å²) in [6, 6.07) is 35.1. The highest BCUT2D eigenvalue weighted by Gasteiger charge is 2.23. The Morgan fingerprint density at radius 3 is 1.73 bits per heavy atom. The number of rotatable bonds is 10. The number of aryl methyl sites for hydroxylation is 12. The molecule has 2 aliphatic heterocycles. The van der Waals surface area contributed by atoms with Gasteiger partial charge in [-0.2, -0.15) is 0 Å². The number of pyridine rings is 3. The Labute approximate surface area is 458 Å². The number of anilines is 1. The van der Waals surface area contributed by atoms with Gasteiger partial charge in [0.1, 0.15) is 33.9 Å². The summed E-state index contributed by atoms with van der Waals surface area (Å²) in [6.45, 7) is 13.2. The minimum Gasteiger partial charge on any atom is -0.489 e. The lowest BCUT2D eigenvalue weighted by Crippen LogP contribution is -2.21. The lowest BCUT2D eigenvalue weighted by molar-refractivity contribution is 0.290. The van der Waals surface area contributed by atoms with Crippen LogP contribution in [0.4, 0.5) is 5.82 Å². The fourth-order valence-corrected chi connectivity index (χ4v) is 11.4. The number of ether oxygens (including phenoxy) is 1. The second-order valence-corrected chi connectivity index (χ2v) is 20.9. The van der Waals surface area contributed by atoms with E-state index >= 15 is 0 Å². The van der Waals surface area contributed by atoms with E-state index in [0.717, 1.165) is 173 Å². The van der Waals surface area contributed by atoms with Crippen LogP contribution in [0.1, 0.15) is 87.7 Å². The second-order valence-electron chi connectivity index (χ2n) is 20.6. The molecule has 78 heavy (non-hydrogen) atoms. The van der Waals surface area contributed by atoms with Crippen LogP contribution in [0.5, 0.6) is 5.75 Å². The van der Waals surface area contributed by atoms with Crippen molar-refractivity contribution in [1.29, 1.82) is 0 Å². The van der Waals surface area contributed by atoms with Crippen LogP contribution in [0.3, 0.4) is 0 Å². The van der Waals surface area contributed by atoms with Crippen molar-refractivity contribution < 1.29 is 4.74 Å². The number of aromatic nitrogens is 12. The van der Waals surface area contributed by atoms with Gasteiger partial charge in [0.05, 0.1) is 40.4 Å². The summed E-state index contributed by atoms with van der Waals surface area (Å²) in [7, 11) is 0. The van der Waals surface area contributed by atoms with E-state index in [2.05, 4.69) is 113 Å². The molecular formula is C63H62ClN13O. The number of hydrogen-bond acceptors (Lipinski definition) is 11. The molecule has 0 amide bonds. The van der Waals surface area contributed by atoms with Gasteiger partial charge in [-0.3, -0.25) is 13.8 Å². The van der Waals surface area contributed by atoms with Crippen molar-refractivity contribution in [2.75, 3.05) is 24.6 Å². The summed E-state index contributed by atoms with van der Waals surface area (Å²) in [5, 5.41) is 5.38. The number of nitrogens with zero attached hydrogens (tertiary/aromatic N) is 13. The molecular weight excluding hydrogens is 990 g/mol. The van der Waals surface area contributed by atoms with Gasteiger partial charge >= 0.3 is 0 Å². The van der Waals surface area contributed by atoms with Crippen molar-refractivity contribution in [1.82, 2.24) is 58.1 Å². The van der Waals surface area contributed by atoms with E-state index in [0.29, 0.717) is 5.15 Å². The molecule has 1 saturated heterocycles. The number of hydrogen-bond donors (Lipinski definition) is 0. The standard InChI is InChI=1S/C23H25N5.C21H20N4O.C19H17ClN4/c1-16-15-17(2)25-21(24-16)10-9-20-23(27-12-5-6-13-27)28-14-11-18-7-3-4-8-19(18)22(28)26-20;1-14-17(9-8-16-13-22-18-6-2-3-7-19(18)23-16)24-21-20-15(5-4-12-26-20)10-11-25(14)21;1-12-11-13(2)22-17(21-12)8-7-16-18(20)24-10-9-14-5-3-4-6-15(14)19(24)23-16/h3-4,7-8,11,14-15H,5-6,9-10,12-13H2,1-2H3;2-3,6-7,10-11,13H,4-5,8-9,12H2,1H3;3-6,9-11H,7-8H2,1-2H3. The average molecular weight is 1050 g/mol. The quantitative estimate of drug-likeness (QED) is 0.129. The number of halogens is 1. The van der Waals surface area contributed by atoms with Crippen LogP contribution >= 0.6 is 11.6 Å². The number of fused-ring (bicyclic) bond motifs is 10. The van der Waals surface area contributed by atoms with Crippen LogP contribution in [0.25, 0.3) is 49.5 Å². The zero-order valence-electron chi connectivity index (χ0n) is 44.9. The lowest BCUT2D eigenvalue weighted by atomic mass is 10.1. The monoisotopic (exact) mass is 1050 g/mol. The largest absolute Gasteiger partial charge is 0.489 e. The van der Waals surface area contributed by atoms with Gasteiger partial charge in [0.25, 0.3) is 0 Å². The van der Waals surface area contributed by atoms with E-state index in [1.54, 1.807) is 0 Å². The van der Waals surface area contributed by atoms with Gasteiger partial charge in [-0.1, -0.05) is 72.3 Å². The normalized spacial score (nSPS) is 13.3. The van der Waals surface area contributed by atoms with Crippen molar-refractivity contribution in [2.45, 2.75) is 98.8 Å². The minimum absolute atomic E-state index is 0.667. The minimum atomic E-state index is 0.667. The molecule has 0 atom stereocenters. The third-order valence-corrected chi connectivity index (χ3v) is 15.2. The Morgan fingerprint density at radius 2 is 1.05 bits per heavy atom. The average Bonchev–Trinajstić information content (AvgIpc) is 4.42. The van der Waals surface area contributed by atoms with Gasteiger partial charge in [0.15, 0.2) is 11.4 Å². The Balaban J connectivity index is 0.000000118. The molecule has 392 valence electrons. The summed E-state index contributed by atoms with van der Waals surface area (Å²) in [5.74, 6) is 3.96. The highest BCUT2D eigenvalue weighted by Crippen LogP contribution is 2.33. The molecule has 11 heterocycles. The smallest absolute Gasteiger partial charge is 0.180 e. The van der Waals surface area contributed by atoms with Gasteiger partial charge in [-0.25, -0.2) is 39.9 Å². The predicted octanol–water partition coefficient (Wildman–Crippen LogP) is 12.3. The Kier molecular flexibility index (Phi) is 14.2. The third kappa shape index (κ3) is 10.4. The first-order chi connectivity index (χ1) is 38.1. The molecule has 9 aromatic heterocycles. The van der Waals surface area contributed by atoms with E-state index in [9.17, 15) is 0 Å². The molecule has 14 nitrogen and oxygen atoms in total. The van der Waals surface area contributed by atoms with E-state index < -0.39 is 0 Å². The van der Waals surface area contributed by atoms with Crippen molar-refractivity contribution in [3.05, 3.63) is 202 Å². The summed E-state index contributed by atoms with van der Waals surface area (Å²) in [4.78, 5) is 44.7. The molecule has 1 fully saturated rings. The molecule has 0 saturated carbocycles. The molecule has 0 unspecified atom stereocenters. The molecule has 0 N–H and O–H groups in total. The fourth-order valence-electron chi connectivity index (χ4n) is 11.1. The molecule has 15 heteroatoms. The van der Waals surface area contributed by atoms with E-state index in [1.807, 2.05) is 93.0 Å². The number of benzene rings is 3. The summed E-state index contributed by atoms with van der Waals surface area (Å²) in [6.07, 6.45) is 17.6. The zero-order valence-corrected chi connectivity index (χ0v) is 45.7. The third-order valence-electron chi connectivity index (χ3n) is 14.8. The predicted molar refractivity (Wildman–Crippen MR) is 310 cm³/mol. The molecule has 0 bridgehead atoms. The zero-order chi connectivity index (χ0) is 53.3. The molecule has 14 rings (SSSR count).